The van der Waals surface area contributed by atoms with Crippen LogP contribution in [0, 0.1) is 0 Å². The van der Waals surface area contributed by atoms with Crippen molar-refractivity contribution in [3.63, 3.8) is 0 Å². The zero-order valence-corrected chi connectivity index (χ0v) is 11.6. The van der Waals surface area contributed by atoms with E-state index in [1.165, 1.54) is 13.2 Å². The largest absolute Gasteiger partial charge is 0.466 e. The number of methoxy groups -OCH3 is 1. The molecule has 0 aliphatic heterocycles. The number of benzene rings is 1. The zero-order valence-electron chi connectivity index (χ0n) is 11.6. The second kappa shape index (κ2) is 6.18. The molecule has 0 amide bonds. The monoisotopic (exact) mass is 262 g/mol. The minimum absolute atomic E-state index is 0.365. The van der Waals surface area contributed by atoms with E-state index in [4.69, 9.17) is 4.74 Å². The second-order valence-electron chi connectivity index (χ2n) is 4.98. The van der Waals surface area contributed by atoms with Crippen LogP contribution < -0.4 is 0 Å². The van der Waals surface area contributed by atoms with Gasteiger partial charge in [-0.15, -0.1) is 0 Å². The Bertz CT molecular complexity index is 478. The molecule has 4 heteroatoms. The van der Waals surface area contributed by atoms with E-state index in [2.05, 4.69) is 4.74 Å². The highest BCUT2D eigenvalue weighted by molar-refractivity contribution is 5.90. The average molecular weight is 262 g/mol. The Morgan fingerprint density at radius 2 is 1.68 bits per heavy atom. The van der Waals surface area contributed by atoms with Gasteiger partial charge < -0.3 is 9.47 Å². The van der Waals surface area contributed by atoms with Crippen LogP contribution in [0.5, 0.6) is 0 Å². The predicted octanol–water partition coefficient (Wildman–Crippen LogP) is 2.83. The molecule has 0 radical (unpaired) electrons. The van der Waals surface area contributed by atoms with Gasteiger partial charge in [0, 0.05) is 6.08 Å². The summed E-state index contributed by atoms with van der Waals surface area (Å²) in [5.74, 6) is -0.785. The smallest absolute Gasteiger partial charge is 0.338 e. The molecule has 1 rings (SSSR count). The Hall–Kier alpha value is -2.10. The van der Waals surface area contributed by atoms with Crippen LogP contribution in [0.2, 0.25) is 0 Å². The normalized spacial score (nSPS) is 11.4. The van der Waals surface area contributed by atoms with Crippen molar-refractivity contribution >= 4 is 18.0 Å². The molecule has 0 aliphatic rings. The van der Waals surface area contributed by atoms with Crippen molar-refractivity contribution in [1.29, 1.82) is 0 Å². The summed E-state index contributed by atoms with van der Waals surface area (Å²) in [5, 5.41) is 0. The fourth-order valence-corrected chi connectivity index (χ4v) is 1.30. The maximum absolute atomic E-state index is 11.8. The highest BCUT2D eigenvalue weighted by atomic mass is 16.6. The van der Waals surface area contributed by atoms with E-state index in [0.29, 0.717) is 5.56 Å². The van der Waals surface area contributed by atoms with Gasteiger partial charge in [0.05, 0.1) is 12.7 Å². The number of ether oxygens (including phenoxy) is 2. The van der Waals surface area contributed by atoms with Crippen molar-refractivity contribution in [2.24, 2.45) is 0 Å². The second-order valence-corrected chi connectivity index (χ2v) is 4.98. The molecule has 19 heavy (non-hydrogen) atoms. The first kappa shape index (κ1) is 15.0. The molecular weight excluding hydrogens is 244 g/mol. The van der Waals surface area contributed by atoms with Gasteiger partial charge in [0.25, 0.3) is 0 Å². The summed E-state index contributed by atoms with van der Waals surface area (Å²) in [6.45, 7) is 5.45. The lowest BCUT2D eigenvalue weighted by atomic mass is 10.1. The third-order valence-corrected chi connectivity index (χ3v) is 2.16. The van der Waals surface area contributed by atoms with Crippen LogP contribution in [-0.4, -0.2) is 24.6 Å². The molecule has 0 aliphatic carbocycles. The number of carbonyl (C=O) groups excluding carboxylic acids is 2. The van der Waals surface area contributed by atoms with Gasteiger partial charge in [0.15, 0.2) is 0 Å². The van der Waals surface area contributed by atoms with Crippen molar-refractivity contribution < 1.29 is 19.1 Å². The summed E-state index contributed by atoms with van der Waals surface area (Å²) in [7, 11) is 1.32. The van der Waals surface area contributed by atoms with Gasteiger partial charge in [-0.1, -0.05) is 12.1 Å². The first-order valence-corrected chi connectivity index (χ1v) is 5.91. The zero-order chi connectivity index (χ0) is 14.5. The highest BCUT2D eigenvalue weighted by Crippen LogP contribution is 2.13. The summed E-state index contributed by atoms with van der Waals surface area (Å²) in [4.78, 5) is 22.7. The summed E-state index contributed by atoms with van der Waals surface area (Å²) in [6, 6.07) is 6.79. The van der Waals surface area contributed by atoms with Gasteiger partial charge in [-0.2, -0.15) is 0 Å². The standard InChI is InChI=1S/C15H18O4/c1-15(2,3)19-14(17)12-8-5-11(6-9-12)7-10-13(16)18-4/h5-10H,1-4H3/b10-7+. The Morgan fingerprint density at radius 1 is 1.11 bits per heavy atom. The Morgan fingerprint density at radius 3 is 2.16 bits per heavy atom. The molecule has 0 atom stereocenters. The summed E-state index contributed by atoms with van der Waals surface area (Å²) in [6.07, 6.45) is 2.94. The summed E-state index contributed by atoms with van der Waals surface area (Å²) < 4.78 is 9.74. The maximum atomic E-state index is 11.8. The molecule has 0 fully saturated rings. The van der Waals surface area contributed by atoms with Crippen molar-refractivity contribution in [2.75, 3.05) is 7.11 Å². The number of carbonyl (C=O) groups is 2. The Labute approximate surface area is 113 Å². The van der Waals surface area contributed by atoms with Crippen molar-refractivity contribution in [1.82, 2.24) is 0 Å². The molecule has 1 aromatic carbocycles. The number of esters is 2. The van der Waals surface area contributed by atoms with Gasteiger partial charge in [-0.3, -0.25) is 0 Å². The number of rotatable bonds is 3. The van der Waals surface area contributed by atoms with Crippen molar-refractivity contribution in [3.8, 4) is 0 Å². The predicted molar refractivity (Wildman–Crippen MR) is 72.7 cm³/mol. The third-order valence-electron chi connectivity index (χ3n) is 2.16. The fourth-order valence-electron chi connectivity index (χ4n) is 1.30. The molecular formula is C15H18O4. The van der Waals surface area contributed by atoms with E-state index in [9.17, 15) is 9.59 Å². The maximum Gasteiger partial charge on any atom is 0.338 e. The molecule has 0 saturated carbocycles. The lowest BCUT2D eigenvalue weighted by Gasteiger charge is -2.19. The first-order chi connectivity index (χ1) is 8.81. The molecule has 0 aromatic heterocycles. The van der Waals surface area contributed by atoms with Gasteiger partial charge in [0.2, 0.25) is 0 Å². The van der Waals surface area contributed by atoms with Crippen LogP contribution in [0.4, 0.5) is 0 Å². The van der Waals surface area contributed by atoms with Gasteiger partial charge in [0.1, 0.15) is 5.60 Å². The molecule has 0 spiro atoms. The SMILES string of the molecule is COC(=O)/C=C/c1ccc(C(=O)OC(C)(C)C)cc1. The summed E-state index contributed by atoms with van der Waals surface area (Å²) >= 11 is 0. The Balaban J connectivity index is 2.74. The van der Waals surface area contributed by atoms with Crippen LogP contribution in [0.3, 0.4) is 0 Å². The molecule has 102 valence electrons. The van der Waals surface area contributed by atoms with E-state index < -0.39 is 11.6 Å². The van der Waals surface area contributed by atoms with Crippen LogP contribution >= 0.6 is 0 Å². The molecule has 0 bridgehead atoms. The molecule has 0 N–H and O–H groups in total. The molecule has 0 saturated heterocycles. The summed E-state index contributed by atoms with van der Waals surface area (Å²) in [5.41, 5.74) is 0.767. The van der Waals surface area contributed by atoms with Gasteiger partial charge in [-0.25, -0.2) is 9.59 Å². The first-order valence-electron chi connectivity index (χ1n) is 5.91. The van der Waals surface area contributed by atoms with E-state index >= 15 is 0 Å². The quantitative estimate of drug-likeness (QED) is 0.621. The van der Waals surface area contributed by atoms with Gasteiger partial charge in [-0.05, 0) is 44.5 Å². The van der Waals surface area contributed by atoms with Crippen molar-refractivity contribution in [2.45, 2.75) is 26.4 Å². The third kappa shape index (κ3) is 5.38. The van der Waals surface area contributed by atoms with Crippen molar-refractivity contribution in [3.05, 3.63) is 41.5 Å². The average Bonchev–Trinajstić information content (AvgIpc) is 2.34. The molecule has 0 heterocycles. The minimum Gasteiger partial charge on any atom is -0.466 e. The van der Waals surface area contributed by atoms with E-state index in [0.717, 1.165) is 5.56 Å². The topological polar surface area (TPSA) is 52.6 Å². The molecule has 4 nitrogen and oxygen atoms in total. The lowest BCUT2D eigenvalue weighted by molar-refractivity contribution is -0.134. The van der Waals surface area contributed by atoms with Crippen LogP contribution in [0.25, 0.3) is 6.08 Å². The van der Waals surface area contributed by atoms with E-state index in [-0.39, 0.29) is 5.97 Å². The highest BCUT2D eigenvalue weighted by Gasteiger charge is 2.17. The number of hydrogen-bond donors (Lipinski definition) is 0. The Kier molecular flexibility index (Phi) is 4.87. The lowest BCUT2D eigenvalue weighted by Crippen LogP contribution is -2.23. The van der Waals surface area contributed by atoms with Crippen LogP contribution in [-0.2, 0) is 14.3 Å². The van der Waals surface area contributed by atoms with Gasteiger partial charge >= 0.3 is 11.9 Å². The molecule has 1 aromatic rings. The van der Waals surface area contributed by atoms with E-state index in [1.54, 1.807) is 30.3 Å². The molecule has 0 unspecified atom stereocenters. The fraction of sp³-hybridized carbons (Fsp3) is 0.333. The van der Waals surface area contributed by atoms with Crippen LogP contribution in [0.1, 0.15) is 36.7 Å². The van der Waals surface area contributed by atoms with E-state index in [1.807, 2.05) is 20.8 Å². The minimum atomic E-state index is -0.513. The number of hydrogen-bond acceptors (Lipinski definition) is 4. The van der Waals surface area contributed by atoms with Crippen LogP contribution in [0.15, 0.2) is 30.3 Å².